The highest BCUT2D eigenvalue weighted by molar-refractivity contribution is 7.92. The Hall–Kier alpha value is -3.63. The lowest BCUT2D eigenvalue weighted by Crippen LogP contribution is -2.29. The van der Waals surface area contributed by atoms with Crippen LogP contribution in [0.4, 0.5) is 17.1 Å². The fraction of sp³-hybridized carbons (Fsp3) is 0.160. The largest absolute Gasteiger partial charge is 0.322 e. The van der Waals surface area contributed by atoms with Gasteiger partial charge in [0.2, 0.25) is 10.0 Å². The third kappa shape index (κ3) is 6.49. The Morgan fingerprint density at radius 2 is 1.57 bits per heavy atom. The molecule has 35 heavy (non-hydrogen) atoms. The summed E-state index contributed by atoms with van der Waals surface area (Å²) in [5, 5.41) is 2.71. The quantitative estimate of drug-likeness (QED) is 0.414. The van der Waals surface area contributed by atoms with Gasteiger partial charge in [-0.2, -0.15) is 0 Å². The molecular formula is C25H27N3O5S2. The van der Waals surface area contributed by atoms with Crippen LogP contribution < -0.4 is 14.3 Å². The Balaban J connectivity index is 1.72. The van der Waals surface area contributed by atoms with Crippen LogP contribution in [0.5, 0.6) is 0 Å². The second-order valence-electron chi connectivity index (χ2n) is 8.03. The molecular weight excluding hydrogens is 486 g/mol. The number of hydrogen-bond acceptors (Lipinski definition) is 5. The Labute approximate surface area is 206 Å². The van der Waals surface area contributed by atoms with Crippen LogP contribution in [-0.2, 0) is 20.0 Å². The molecule has 0 fully saturated rings. The summed E-state index contributed by atoms with van der Waals surface area (Å²) in [6.07, 6.45) is 2.57. The molecule has 10 heteroatoms. The van der Waals surface area contributed by atoms with Crippen molar-refractivity contribution in [1.29, 1.82) is 0 Å². The smallest absolute Gasteiger partial charge is 0.261 e. The number of nitrogens with one attached hydrogen (secondary N) is 2. The summed E-state index contributed by atoms with van der Waals surface area (Å²) in [5.74, 6) is -0.421. The molecule has 0 saturated heterocycles. The summed E-state index contributed by atoms with van der Waals surface area (Å²) >= 11 is 0. The van der Waals surface area contributed by atoms with Gasteiger partial charge in [-0.3, -0.25) is 13.8 Å². The van der Waals surface area contributed by atoms with Crippen LogP contribution in [0.1, 0.15) is 21.5 Å². The lowest BCUT2D eigenvalue weighted by molar-refractivity contribution is 0.102. The van der Waals surface area contributed by atoms with Gasteiger partial charge in [-0.15, -0.1) is 6.58 Å². The van der Waals surface area contributed by atoms with E-state index in [0.29, 0.717) is 22.6 Å². The highest BCUT2D eigenvalue weighted by Crippen LogP contribution is 2.23. The Morgan fingerprint density at radius 1 is 0.943 bits per heavy atom. The molecule has 0 spiro atoms. The lowest BCUT2D eigenvalue weighted by Gasteiger charge is -2.20. The third-order valence-corrected chi connectivity index (χ3v) is 7.71. The van der Waals surface area contributed by atoms with Crippen LogP contribution in [0.2, 0.25) is 0 Å². The van der Waals surface area contributed by atoms with Gasteiger partial charge < -0.3 is 5.32 Å². The fourth-order valence-corrected chi connectivity index (χ4v) is 5.30. The first-order valence-corrected chi connectivity index (χ1v) is 13.9. The Bertz CT molecular complexity index is 1450. The van der Waals surface area contributed by atoms with E-state index in [4.69, 9.17) is 0 Å². The first-order valence-electron chi connectivity index (χ1n) is 10.6. The molecule has 184 valence electrons. The molecule has 0 heterocycles. The second-order valence-corrected chi connectivity index (χ2v) is 11.6. The van der Waals surface area contributed by atoms with Crippen LogP contribution in [0, 0.1) is 13.8 Å². The van der Waals surface area contributed by atoms with Crippen LogP contribution in [0.15, 0.2) is 84.3 Å². The van der Waals surface area contributed by atoms with Crippen molar-refractivity contribution in [3.63, 3.8) is 0 Å². The topological polar surface area (TPSA) is 113 Å². The highest BCUT2D eigenvalue weighted by Gasteiger charge is 2.18. The number of aryl methyl sites for hydroxylation is 2. The van der Waals surface area contributed by atoms with Crippen molar-refractivity contribution >= 4 is 43.0 Å². The van der Waals surface area contributed by atoms with E-state index in [1.165, 1.54) is 58.9 Å². The van der Waals surface area contributed by atoms with Crippen LogP contribution in [-0.4, -0.2) is 35.5 Å². The van der Waals surface area contributed by atoms with Gasteiger partial charge >= 0.3 is 0 Å². The van der Waals surface area contributed by atoms with E-state index in [9.17, 15) is 21.6 Å². The molecule has 3 rings (SSSR count). The monoisotopic (exact) mass is 513 g/mol. The molecule has 0 aliphatic rings. The van der Waals surface area contributed by atoms with E-state index in [2.05, 4.69) is 16.6 Å². The summed E-state index contributed by atoms with van der Waals surface area (Å²) < 4.78 is 53.2. The van der Waals surface area contributed by atoms with Gasteiger partial charge in [-0.05, 0) is 79.6 Å². The molecule has 0 saturated carbocycles. The van der Waals surface area contributed by atoms with Crippen molar-refractivity contribution in [2.45, 2.75) is 18.7 Å². The maximum atomic E-state index is 12.8. The summed E-state index contributed by atoms with van der Waals surface area (Å²) in [5.41, 5.74) is 3.38. The van der Waals surface area contributed by atoms with Crippen molar-refractivity contribution in [3.05, 3.63) is 96.1 Å². The van der Waals surface area contributed by atoms with Gasteiger partial charge in [0.15, 0.2) is 0 Å². The fourth-order valence-electron chi connectivity index (χ4n) is 3.30. The third-order valence-electron chi connectivity index (χ3n) is 5.17. The predicted molar refractivity (Wildman–Crippen MR) is 140 cm³/mol. The summed E-state index contributed by atoms with van der Waals surface area (Å²) in [6, 6.07) is 17.4. The normalized spacial score (nSPS) is 11.5. The first kappa shape index (κ1) is 26.0. The highest BCUT2D eigenvalue weighted by atomic mass is 32.2. The number of benzene rings is 3. The molecule has 0 radical (unpaired) electrons. The van der Waals surface area contributed by atoms with Crippen LogP contribution in [0.25, 0.3) is 0 Å². The molecule has 3 aromatic carbocycles. The van der Waals surface area contributed by atoms with E-state index in [0.717, 1.165) is 17.4 Å². The van der Waals surface area contributed by atoms with Gasteiger partial charge in [0.05, 0.1) is 29.1 Å². The Morgan fingerprint density at radius 3 is 2.14 bits per heavy atom. The minimum Gasteiger partial charge on any atom is -0.322 e. The minimum atomic E-state index is -3.80. The number of carbonyl (C=O) groups excluding carboxylic acids is 1. The number of hydrogen-bond donors (Lipinski definition) is 2. The first-order chi connectivity index (χ1) is 16.4. The number of anilines is 3. The zero-order valence-electron chi connectivity index (χ0n) is 19.6. The zero-order chi connectivity index (χ0) is 25.8. The van der Waals surface area contributed by atoms with Crippen molar-refractivity contribution in [1.82, 2.24) is 0 Å². The molecule has 8 nitrogen and oxygen atoms in total. The van der Waals surface area contributed by atoms with Gasteiger partial charge in [-0.1, -0.05) is 18.2 Å². The van der Waals surface area contributed by atoms with Crippen LogP contribution in [0.3, 0.4) is 0 Å². The SMILES string of the molecule is C=CCN(c1ccc(C(=O)Nc2ccc(S(=O)(=O)Nc3cc(C)ccc3C)cc2)cc1)S(C)(=O)=O. The molecule has 0 unspecified atom stereocenters. The minimum absolute atomic E-state index is 0.0591. The average Bonchev–Trinajstić information content (AvgIpc) is 2.79. The van der Waals surface area contributed by atoms with Gasteiger partial charge in [-0.25, -0.2) is 16.8 Å². The van der Waals surface area contributed by atoms with Crippen molar-refractivity contribution in [3.8, 4) is 0 Å². The van der Waals surface area contributed by atoms with E-state index >= 15 is 0 Å². The molecule has 0 aromatic heterocycles. The van der Waals surface area contributed by atoms with Gasteiger partial charge in [0.1, 0.15) is 0 Å². The van der Waals surface area contributed by atoms with E-state index < -0.39 is 26.0 Å². The summed E-state index contributed by atoms with van der Waals surface area (Å²) in [4.78, 5) is 12.7. The van der Waals surface area contributed by atoms with Crippen molar-refractivity contribution < 1.29 is 21.6 Å². The van der Waals surface area contributed by atoms with Crippen molar-refractivity contribution in [2.24, 2.45) is 0 Å². The molecule has 3 aromatic rings. The number of carbonyl (C=O) groups is 1. The molecule has 0 aliphatic carbocycles. The number of sulfonamides is 2. The maximum Gasteiger partial charge on any atom is 0.261 e. The van der Waals surface area contributed by atoms with Gasteiger partial charge in [0, 0.05) is 11.3 Å². The summed E-state index contributed by atoms with van der Waals surface area (Å²) in [6.45, 7) is 7.38. The maximum absolute atomic E-state index is 12.8. The Kier molecular flexibility index (Phi) is 7.67. The second kappa shape index (κ2) is 10.3. The van der Waals surface area contributed by atoms with Crippen LogP contribution >= 0.6 is 0 Å². The molecule has 0 atom stereocenters. The number of nitrogens with zero attached hydrogens (tertiary/aromatic N) is 1. The van der Waals surface area contributed by atoms with E-state index in [1.54, 1.807) is 6.07 Å². The molecule has 0 bridgehead atoms. The summed E-state index contributed by atoms with van der Waals surface area (Å²) in [7, 11) is -7.30. The van der Waals surface area contributed by atoms with E-state index in [-0.39, 0.29) is 11.4 Å². The molecule has 2 N–H and O–H groups in total. The van der Waals surface area contributed by atoms with Gasteiger partial charge in [0.25, 0.3) is 15.9 Å². The zero-order valence-corrected chi connectivity index (χ0v) is 21.3. The number of amides is 1. The molecule has 1 amide bonds. The van der Waals surface area contributed by atoms with Crippen molar-refractivity contribution in [2.75, 3.05) is 27.1 Å². The molecule has 0 aliphatic heterocycles. The predicted octanol–water partition coefficient (Wildman–Crippen LogP) is 4.31. The standard InChI is InChI=1S/C25H27N3O5S2/c1-5-16-28(34(4,30)31)22-12-8-20(9-13-22)25(29)26-21-10-14-23(15-11-21)35(32,33)27-24-17-18(2)6-7-19(24)3/h5-15,17,27H,1,16H2,2-4H3,(H,26,29). The van der Waals surface area contributed by atoms with E-state index in [1.807, 2.05) is 26.0 Å². The average molecular weight is 514 g/mol. The lowest BCUT2D eigenvalue weighted by atomic mass is 10.1. The number of rotatable bonds is 9.